The third kappa shape index (κ3) is 9.06. The summed E-state index contributed by atoms with van der Waals surface area (Å²) in [5, 5.41) is 2.72. The van der Waals surface area contributed by atoms with Gasteiger partial charge in [-0.15, -0.1) is 77.9 Å². The van der Waals surface area contributed by atoms with Crippen molar-refractivity contribution in [3.63, 3.8) is 0 Å². The van der Waals surface area contributed by atoms with Crippen molar-refractivity contribution in [2.45, 2.75) is 47.5 Å². The van der Waals surface area contributed by atoms with Gasteiger partial charge in [0.1, 0.15) is 0 Å². The van der Waals surface area contributed by atoms with Gasteiger partial charge in [-0.05, 0) is 5.92 Å². The zero-order valence-corrected chi connectivity index (χ0v) is 26.3. The fourth-order valence-corrected chi connectivity index (χ4v) is 3.79. The van der Waals surface area contributed by atoms with Crippen molar-refractivity contribution in [1.82, 2.24) is 0 Å². The molecule has 1 aliphatic rings. The first-order valence-corrected chi connectivity index (χ1v) is 14.4. The molecule has 0 N–H and O–H groups in total. The second-order valence-electron chi connectivity index (χ2n) is 7.88. The molecule has 0 spiro atoms. The maximum absolute atomic E-state index is 3.36. The fraction of sp³-hybridized carbons (Fsp3) is 0.276. The van der Waals surface area contributed by atoms with E-state index in [9.17, 15) is 0 Å². The van der Waals surface area contributed by atoms with E-state index in [0.29, 0.717) is 11.8 Å². The Bertz CT molecular complexity index is 1020. The summed E-state index contributed by atoms with van der Waals surface area (Å²) in [5.74, 6) is 1.11. The van der Waals surface area contributed by atoms with Crippen LogP contribution in [0.1, 0.15) is 53.0 Å². The Morgan fingerprint density at radius 3 is 1.82 bits per heavy atom. The third-order valence-corrected chi connectivity index (χ3v) is 5.75. The van der Waals surface area contributed by atoms with Crippen LogP contribution in [-0.2, 0) is 23.3 Å². The molecule has 2 radical (unpaired) electrons. The molecule has 0 aromatic heterocycles. The predicted octanol–water partition coefficient (Wildman–Crippen LogP) is 9.43. The Hall–Kier alpha value is -0.790. The first-order valence-electron chi connectivity index (χ1n) is 10.2. The molecule has 0 fully saturated rings. The summed E-state index contributed by atoms with van der Waals surface area (Å²) in [6.07, 6.45) is 3.36. The summed E-state index contributed by atoms with van der Waals surface area (Å²) >= 11 is 1.36. The van der Waals surface area contributed by atoms with Crippen molar-refractivity contribution in [1.29, 1.82) is 0 Å². The summed E-state index contributed by atoms with van der Waals surface area (Å²) < 4.78 is 0. The van der Waals surface area contributed by atoms with Crippen LogP contribution in [0.5, 0.6) is 0 Å². The molecule has 1 atom stereocenters. The van der Waals surface area contributed by atoms with Gasteiger partial charge in [-0.2, -0.15) is 11.1 Å². The minimum atomic E-state index is 0. The Morgan fingerprint density at radius 1 is 0.879 bits per heavy atom. The topological polar surface area (TPSA) is 0 Å². The van der Waals surface area contributed by atoms with Crippen molar-refractivity contribution >= 4 is 42.5 Å². The van der Waals surface area contributed by atoms with Gasteiger partial charge in [0.2, 0.25) is 0 Å². The van der Waals surface area contributed by atoms with Gasteiger partial charge in [-0.3, -0.25) is 6.08 Å². The molecular formula is C29H38Cl2SiZr-4. The van der Waals surface area contributed by atoms with Crippen LogP contribution in [0.4, 0.5) is 0 Å². The Morgan fingerprint density at radius 2 is 1.39 bits per heavy atom. The Labute approximate surface area is 232 Å². The molecule has 1 aliphatic carbocycles. The van der Waals surface area contributed by atoms with E-state index in [1.54, 1.807) is 0 Å². The van der Waals surface area contributed by atoms with Gasteiger partial charge >= 0.3 is 30.2 Å². The average Bonchev–Trinajstić information content (AvgIpc) is 3.24. The normalized spacial score (nSPS) is 13.6. The molecule has 0 heterocycles. The van der Waals surface area contributed by atoms with Crippen LogP contribution in [-0.4, -0.2) is 6.88 Å². The summed E-state index contributed by atoms with van der Waals surface area (Å²) in [4.78, 5) is 0. The van der Waals surface area contributed by atoms with Crippen molar-refractivity contribution in [3.05, 3.63) is 104 Å². The maximum atomic E-state index is 3.36. The Balaban J connectivity index is -0.000000522. The minimum absolute atomic E-state index is 0. The number of fused-ring (bicyclic) bond motifs is 1. The molecule has 3 aromatic rings. The summed E-state index contributed by atoms with van der Waals surface area (Å²) in [7, 11) is 0. The van der Waals surface area contributed by atoms with E-state index >= 15 is 0 Å². The standard InChI is InChI=1S/C18H17.C9H13.2CH3.2ClH.Si.Zr/c1-13(2)17-12-15-10-6-7-11-16(15)18(17)14-8-4-3-5-9-14;1-6-5-7(2)9(4)8(6)3;;;;;;/h3-13H,1-2H3;6H,1-4H3;2*1H3;2*1H;;/q4*-1;;;;. The average molecular weight is 577 g/mol. The molecule has 4 heteroatoms. The van der Waals surface area contributed by atoms with Gasteiger partial charge in [-0.1, -0.05) is 82.5 Å². The summed E-state index contributed by atoms with van der Waals surface area (Å²) in [6, 6.07) is 21.7. The molecule has 0 saturated carbocycles. The second kappa shape index (κ2) is 17.6. The van der Waals surface area contributed by atoms with E-state index in [2.05, 4.69) is 115 Å². The summed E-state index contributed by atoms with van der Waals surface area (Å²) in [6.45, 7) is 16.3. The van der Waals surface area contributed by atoms with Gasteiger partial charge < -0.3 is 14.9 Å². The van der Waals surface area contributed by atoms with E-state index < -0.39 is 0 Å². The molecule has 0 nitrogen and oxygen atoms in total. The van der Waals surface area contributed by atoms with Crippen molar-refractivity contribution in [2.75, 3.05) is 0 Å². The number of hydrogen-bond acceptors (Lipinski definition) is 0. The first-order chi connectivity index (χ1) is 13.9. The van der Waals surface area contributed by atoms with Crippen LogP contribution in [0.15, 0.2) is 77.4 Å². The summed E-state index contributed by atoms with van der Waals surface area (Å²) in [5.41, 5.74) is 8.42. The van der Waals surface area contributed by atoms with E-state index in [4.69, 9.17) is 0 Å². The fourth-order valence-electron chi connectivity index (χ4n) is 3.79. The number of allylic oxidation sites excluding steroid dienone is 4. The van der Waals surface area contributed by atoms with Crippen LogP contribution in [0.2, 0.25) is 0 Å². The molecule has 0 saturated heterocycles. The third-order valence-electron chi connectivity index (χ3n) is 5.75. The molecule has 180 valence electrons. The monoisotopic (exact) mass is 574 g/mol. The van der Waals surface area contributed by atoms with Crippen LogP contribution in [0.25, 0.3) is 21.9 Å². The first kappa shape index (κ1) is 36.8. The number of hydrogen-bond donors (Lipinski definition) is 0. The molecule has 33 heavy (non-hydrogen) atoms. The Kier molecular flexibility index (Phi) is 19.6. The molecule has 1 unspecified atom stereocenters. The SMILES string of the molecule is CC(C)c1[cH-]c2ccccc2c1-c1ccccc1.CC1=[C-]C(C)C(C)=C1C.Cl.Cl.[CH3-].[CH3-].[Si]=[Zr]. The van der Waals surface area contributed by atoms with E-state index in [-0.39, 0.29) is 39.7 Å². The van der Waals surface area contributed by atoms with E-state index in [1.807, 2.05) is 0 Å². The van der Waals surface area contributed by atoms with E-state index in [0.717, 1.165) is 0 Å². The van der Waals surface area contributed by atoms with Gasteiger partial charge in [0.25, 0.3) is 0 Å². The molecule has 0 amide bonds. The van der Waals surface area contributed by atoms with Gasteiger partial charge in [0, 0.05) is 0 Å². The van der Waals surface area contributed by atoms with Gasteiger partial charge in [0.05, 0.1) is 0 Å². The van der Waals surface area contributed by atoms with Crippen LogP contribution in [0.3, 0.4) is 0 Å². The zero-order valence-electron chi connectivity index (χ0n) is 21.2. The quantitative estimate of drug-likeness (QED) is 0.211. The molecule has 0 aliphatic heterocycles. The molecular weight excluding hydrogens is 539 g/mol. The van der Waals surface area contributed by atoms with Crippen molar-refractivity contribution in [2.24, 2.45) is 5.92 Å². The van der Waals surface area contributed by atoms with Crippen LogP contribution < -0.4 is 0 Å². The van der Waals surface area contributed by atoms with Crippen molar-refractivity contribution < 1.29 is 23.3 Å². The number of rotatable bonds is 2. The van der Waals surface area contributed by atoms with Crippen molar-refractivity contribution in [3.8, 4) is 11.1 Å². The zero-order chi connectivity index (χ0) is 21.6. The number of halogens is 2. The van der Waals surface area contributed by atoms with E-state index in [1.165, 1.54) is 67.5 Å². The predicted molar refractivity (Wildman–Crippen MR) is 152 cm³/mol. The molecule has 0 bridgehead atoms. The second-order valence-corrected chi connectivity index (χ2v) is 7.88. The molecule has 4 rings (SSSR count). The van der Waals surface area contributed by atoms with Gasteiger partial charge in [-0.25, -0.2) is 5.57 Å². The number of benzene rings is 2. The molecule has 3 aromatic carbocycles. The van der Waals surface area contributed by atoms with Crippen LogP contribution in [0, 0.1) is 26.8 Å². The van der Waals surface area contributed by atoms with Gasteiger partial charge in [0.15, 0.2) is 0 Å². The van der Waals surface area contributed by atoms with Crippen LogP contribution >= 0.6 is 24.8 Å².